The second kappa shape index (κ2) is 7.76. The minimum Gasteiger partial charge on any atom is -0.368 e. The summed E-state index contributed by atoms with van der Waals surface area (Å²) in [7, 11) is -3.45. The normalized spacial score (nSPS) is 15.6. The Morgan fingerprint density at radius 2 is 1.83 bits per heavy atom. The van der Waals surface area contributed by atoms with E-state index in [-0.39, 0.29) is 24.8 Å². The van der Waals surface area contributed by atoms with E-state index in [0.29, 0.717) is 26.2 Å². The van der Waals surface area contributed by atoms with Crippen LogP contribution in [0.4, 0.5) is 10.1 Å². The molecule has 2 rings (SSSR count). The van der Waals surface area contributed by atoms with E-state index in [1.54, 1.807) is 17.0 Å². The van der Waals surface area contributed by atoms with Crippen molar-refractivity contribution < 1.29 is 17.6 Å². The molecule has 0 atom stereocenters. The number of amides is 1. The van der Waals surface area contributed by atoms with Crippen molar-refractivity contribution in [2.45, 2.75) is 0 Å². The van der Waals surface area contributed by atoms with E-state index < -0.39 is 10.0 Å². The fourth-order valence-corrected chi connectivity index (χ4v) is 3.30. The number of halogens is 1. The predicted octanol–water partition coefficient (Wildman–Crippen LogP) is 0.922. The summed E-state index contributed by atoms with van der Waals surface area (Å²) >= 11 is 0. The highest BCUT2D eigenvalue weighted by molar-refractivity contribution is 7.88. The lowest BCUT2D eigenvalue weighted by atomic mass is 10.2. The van der Waals surface area contributed by atoms with Crippen LogP contribution in [0.1, 0.15) is 0 Å². The molecule has 24 heavy (non-hydrogen) atoms. The molecule has 0 saturated carbocycles. The minimum atomic E-state index is -3.45. The smallest absolute Gasteiger partial charge is 0.238 e. The Kier molecular flexibility index (Phi) is 5.95. The zero-order valence-electron chi connectivity index (χ0n) is 13.7. The number of piperazine rings is 1. The van der Waals surface area contributed by atoms with E-state index in [9.17, 15) is 17.6 Å². The van der Waals surface area contributed by atoms with Gasteiger partial charge in [0.1, 0.15) is 5.82 Å². The fourth-order valence-electron chi connectivity index (χ4n) is 2.58. The first-order valence-electron chi connectivity index (χ1n) is 7.65. The van der Waals surface area contributed by atoms with Crippen LogP contribution < -0.4 is 4.90 Å². The summed E-state index contributed by atoms with van der Waals surface area (Å²) in [6, 6.07) is 6.24. The second-order valence-corrected chi connectivity index (χ2v) is 7.67. The maximum Gasteiger partial charge on any atom is 0.238 e. The van der Waals surface area contributed by atoms with E-state index in [4.69, 9.17) is 0 Å². The predicted molar refractivity (Wildman–Crippen MR) is 91.8 cm³/mol. The van der Waals surface area contributed by atoms with E-state index in [1.807, 2.05) is 0 Å². The van der Waals surface area contributed by atoms with Crippen LogP contribution in [-0.4, -0.2) is 69.1 Å². The minimum absolute atomic E-state index is 0.111. The van der Waals surface area contributed by atoms with Gasteiger partial charge < -0.3 is 9.80 Å². The number of sulfonamides is 1. The molecule has 0 N–H and O–H groups in total. The van der Waals surface area contributed by atoms with E-state index in [2.05, 4.69) is 11.5 Å². The Labute approximate surface area is 142 Å². The number of anilines is 1. The molecule has 0 spiro atoms. The lowest BCUT2D eigenvalue weighted by Gasteiger charge is -2.36. The van der Waals surface area contributed by atoms with Crippen molar-refractivity contribution in [2.24, 2.45) is 0 Å². The van der Waals surface area contributed by atoms with Crippen molar-refractivity contribution in [3.8, 4) is 0 Å². The third-order valence-electron chi connectivity index (χ3n) is 3.94. The number of carbonyl (C=O) groups is 1. The van der Waals surface area contributed by atoms with Gasteiger partial charge in [0, 0.05) is 38.4 Å². The molecule has 1 saturated heterocycles. The first-order valence-corrected chi connectivity index (χ1v) is 9.50. The maximum atomic E-state index is 13.0. The van der Waals surface area contributed by atoms with Crippen LogP contribution in [0.5, 0.6) is 0 Å². The van der Waals surface area contributed by atoms with Crippen LogP contribution >= 0.6 is 0 Å². The first kappa shape index (κ1) is 18.4. The zero-order valence-corrected chi connectivity index (χ0v) is 14.5. The van der Waals surface area contributed by atoms with Crippen LogP contribution in [0, 0.1) is 5.82 Å². The van der Waals surface area contributed by atoms with E-state index in [1.165, 1.54) is 18.2 Å². The molecule has 1 heterocycles. The molecule has 1 amide bonds. The first-order chi connectivity index (χ1) is 11.3. The summed E-state index contributed by atoms with van der Waals surface area (Å²) in [5, 5.41) is 0. The zero-order chi connectivity index (χ0) is 17.7. The highest BCUT2D eigenvalue weighted by Gasteiger charge is 2.25. The van der Waals surface area contributed by atoms with Gasteiger partial charge in [0.15, 0.2) is 0 Å². The maximum absolute atomic E-state index is 13.0. The van der Waals surface area contributed by atoms with Crippen molar-refractivity contribution in [3.05, 3.63) is 42.7 Å². The van der Waals surface area contributed by atoms with Crippen LogP contribution in [-0.2, 0) is 14.8 Å². The highest BCUT2D eigenvalue weighted by atomic mass is 32.2. The third kappa shape index (κ3) is 4.78. The van der Waals surface area contributed by atoms with Crippen molar-refractivity contribution in [3.63, 3.8) is 0 Å². The molecule has 1 aromatic rings. The van der Waals surface area contributed by atoms with Crippen molar-refractivity contribution in [1.29, 1.82) is 0 Å². The average molecular weight is 355 g/mol. The molecule has 1 aromatic carbocycles. The molecule has 1 aliphatic rings. The Morgan fingerprint density at radius 1 is 1.25 bits per heavy atom. The van der Waals surface area contributed by atoms with Gasteiger partial charge in [-0.2, -0.15) is 4.31 Å². The summed E-state index contributed by atoms with van der Waals surface area (Å²) in [5.74, 6) is -0.503. The van der Waals surface area contributed by atoms with Gasteiger partial charge in [0.25, 0.3) is 0 Å². The molecule has 132 valence electrons. The molecular weight excluding hydrogens is 333 g/mol. The van der Waals surface area contributed by atoms with Gasteiger partial charge in [-0.25, -0.2) is 12.8 Å². The largest absolute Gasteiger partial charge is 0.368 e. The lowest BCUT2D eigenvalue weighted by molar-refractivity contribution is -0.131. The molecule has 6 nitrogen and oxygen atoms in total. The molecule has 1 fully saturated rings. The molecule has 0 aromatic heterocycles. The summed E-state index contributed by atoms with van der Waals surface area (Å²) < 4.78 is 37.4. The molecule has 1 aliphatic heterocycles. The van der Waals surface area contributed by atoms with Crippen molar-refractivity contribution in [2.75, 3.05) is 50.4 Å². The van der Waals surface area contributed by atoms with Gasteiger partial charge in [0.2, 0.25) is 15.9 Å². The Hall–Kier alpha value is -1.93. The second-order valence-electron chi connectivity index (χ2n) is 5.69. The Morgan fingerprint density at radius 3 is 2.33 bits per heavy atom. The number of carbonyl (C=O) groups excluding carboxylic acids is 1. The Bertz CT molecular complexity index is 683. The highest BCUT2D eigenvalue weighted by Crippen LogP contribution is 2.17. The summed E-state index contributed by atoms with van der Waals surface area (Å²) in [5.41, 5.74) is 0.910. The number of nitrogens with zero attached hydrogens (tertiary/aromatic N) is 3. The van der Waals surface area contributed by atoms with E-state index >= 15 is 0 Å². The molecule has 0 aliphatic carbocycles. The van der Waals surface area contributed by atoms with Crippen molar-refractivity contribution >= 4 is 21.6 Å². The van der Waals surface area contributed by atoms with E-state index in [0.717, 1.165) is 16.2 Å². The van der Waals surface area contributed by atoms with Crippen LogP contribution in [0.15, 0.2) is 36.9 Å². The third-order valence-corrected chi connectivity index (χ3v) is 5.15. The van der Waals surface area contributed by atoms with Gasteiger partial charge in [-0.05, 0) is 24.3 Å². The van der Waals surface area contributed by atoms with Crippen molar-refractivity contribution in [1.82, 2.24) is 9.21 Å². The van der Waals surface area contributed by atoms with Gasteiger partial charge in [-0.15, -0.1) is 6.58 Å². The van der Waals surface area contributed by atoms with Gasteiger partial charge in [-0.3, -0.25) is 4.79 Å². The number of hydrogen-bond donors (Lipinski definition) is 0. The van der Waals surface area contributed by atoms with Crippen LogP contribution in [0.3, 0.4) is 0 Å². The van der Waals surface area contributed by atoms with Crippen LogP contribution in [0.2, 0.25) is 0 Å². The quantitative estimate of drug-likeness (QED) is 0.712. The molecule has 0 unspecified atom stereocenters. The number of rotatable bonds is 6. The molecule has 0 radical (unpaired) electrons. The number of benzene rings is 1. The summed E-state index contributed by atoms with van der Waals surface area (Å²) in [6.45, 7) is 5.70. The standard InChI is InChI=1S/C16H22FN3O3S/c1-3-8-20(24(2,22)23)13-16(21)19-11-9-18(10-12-19)15-6-4-14(17)5-7-15/h3-7H,1,8-13H2,2H3. The topological polar surface area (TPSA) is 60.9 Å². The lowest BCUT2D eigenvalue weighted by Crippen LogP contribution is -2.51. The van der Waals surface area contributed by atoms with Gasteiger partial charge >= 0.3 is 0 Å². The molecular formula is C16H22FN3O3S. The van der Waals surface area contributed by atoms with Gasteiger partial charge in [0.05, 0.1) is 12.8 Å². The summed E-state index contributed by atoms with van der Waals surface area (Å²) in [4.78, 5) is 16.1. The summed E-state index contributed by atoms with van der Waals surface area (Å²) in [6.07, 6.45) is 2.54. The Balaban J connectivity index is 1.92. The fraction of sp³-hybridized carbons (Fsp3) is 0.438. The SMILES string of the molecule is C=CCN(CC(=O)N1CCN(c2ccc(F)cc2)CC1)S(C)(=O)=O. The average Bonchev–Trinajstić information content (AvgIpc) is 2.54. The molecule has 0 bridgehead atoms. The number of hydrogen-bond acceptors (Lipinski definition) is 4. The van der Waals surface area contributed by atoms with Gasteiger partial charge in [-0.1, -0.05) is 6.08 Å². The molecule has 8 heteroatoms. The van der Waals surface area contributed by atoms with Crippen LogP contribution in [0.25, 0.3) is 0 Å². The monoisotopic (exact) mass is 355 g/mol.